The topological polar surface area (TPSA) is 44.5 Å². The van der Waals surface area contributed by atoms with Gasteiger partial charge in [0.25, 0.3) is 0 Å². The smallest absolute Gasteiger partial charge is 0.217 e. The van der Waals surface area contributed by atoms with Gasteiger partial charge in [-0.15, -0.1) is 0 Å². The van der Waals surface area contributed by atoms with Crippen LogP contribution in [0.4, 0.5) is 10.3 Å². The Bertz CT molecular complexity index is 1440. The summed E-state index contributed by atoms with van der Waals surface area (Å²) < 4.78 is 20.4. The Labute approximate surface area is 276 Å². The van der Waals surface area contributed by atoms with Crippen molar-refractivity contribution in [2.45, 2.75) is 83.8 Å². The average Bonchev–Trinajstić information content (AvgIpc) is 3.44. The third kappa shape index (κ3) is 8.86. The third-order valence-corrected chi connectivity index (χ3v) is 9.89. The Morgan fingerprint density at radius 1 is 0.848 bits per heavy atom. The number of nitrogens with zero attached hydrogens (tertiary/aromatic N) is 3. The molecular formula is C40H53FN4O. The molecule has 1 saturated carbocycles. The number of rotatable bonds is 15. The van der Waals surface area contributed by atoms with Gasteiger partial charge in [-0.05, 0) is 100 Å². The van der Waals surface area contributed by atoms with E-state index in [1.165, 1.54) is 42.4 Å². The summed E-state index contributed by atoms with van der Waals surface area (Å²) in [7, 11) is 4.30. The number of hydrogen-bond donors (Lipinski definition) is 1. The molecule has 1 N–H and O–H groups in total. The minimum absolute atomic E-state index is 0.132. The van der Waals surface area contributed by atoms with Crippen molar-refractivity contribution in [3.05, 3.63) is 119 Å². The van der Waals surface area contributed by atoms with Gasteiger partial charge in [0.2, 0.25) is 11.8 Å². The molecule has 5 rings (SSSR count). The molecule has 0 radical (unpaired) electrons. The molecule has 0 bridgehead atoms. The number of aromatic nitrogens is 1. The van der Waals surface area contributed by atoms with Gasteiger partial charge in [0.15, 0.2) is 0 Å². The van der Waals surface area contributed by atoms with Crippen LogP contribution in [0.2, 0.25) is 0 Å². The SMILES string of the molecule is CCN(CC)C(CC1CCC(C(c2ccc(F)cc2)N(C)C)CC1)c1nc(Cc2ccccc2)c(NC(C)Cc2ccccc2)o1. The first-order valence-corrected chi connectivity index (χ1v) is 17.3. The van der Waals surface area contributed by atoms with E-state index in [-0.39, 0.29) is 17.9 Å². The predicted molar refractivity (Wildman–Crippen MR) is 188 cm³/mol. The van der Waals surface area contributed by atoms with E-state index in [1.54, 1.807) is 12.1 Å². The second-order valence-corrected chi connectivity index (χ2v) is 13.4. The van der Waals surface area contributed by atoms with Crippen LogP contribution < -0.4 is 5.32 Å². The van der Waals surface area contributed by atoms with Crippen molar-refractivity contribution in [2.24, 2.45) is 11.8 Å². The lowest BCUT2D eigenvalue weighted by atomic mass is 9.74. The minimum atomic E-state index is -0.171. The van der Waals surface area contributed by atoms with E-state index in [2.05, 4.69) is 111 Å². The lowest BCUT2D eigenvalue weighted by Crippen LogP contribution is -2.33. The highest BCUT2D eigenvalue weighted by Gasteiger charge is 2.34. The summed E-state index contributed by atoms with van der Waals surface area (Å²) in [4.78, 5) is 10.1. The lowest BCUT2D eigenvalue weighted by molar-refractivity contribution is 0.112. The molecule has 6 heteroatoms. The van der Waals surface area contributed by atoms with Crippen molar-refractivity contribution in [1.82, 2.24) is 14.8 Å². The van der Waals surface area contributed by atoms with Crippen LogP contribution in [0.5, 0.6) is 0 Å². The van der Waals surface area contributed by atoms with Gasteiger partial charge < -0.3 is 14.6 Å². The maximum absolute atomic E-state index is 13.7. The molecule has 5 nitrogen and oxygen atoms in total. The van der Waals surface area contributed by atoms with Gasteiger partial charge >= 0.3 is 0 Å². The molecule has 246 valence electrons. The number of nitrogens with one attached hydrogen (secondary N) is 1. The fourth-order valence-corrected chi connectivity index (χ4v) is 7.55. The maximum Gasteiger partial charge on any atom is 0.217 e. The normalized spacial score (nSPS) is 18.9. The zero-order chi connectivity index (χ0) is 32.5. The molecule has 3 unspecified atom stereocenters. The van der Waals surface area contributed by atoms with Crippen molar-refractivity contribution >= 4 is 5.88 Å². The minimum Gasteiger partial charge on any atom is -0.423 e. The second-order valence-electron chi connectivity index (χ2n) is 13.4. The molecule has 46 heavy (non-hydrogen) atoms. The summed E-state index contributed by atoms with van der Waals surface area (Å²) in [5, 5.41) is 3.71. The van der Waals surface area contributed by atoms with Gasteiger partial charge in [-0.1, -0.05) is 99.5 Å². The number of halogens is 1. The Balaban J connectivity index is 1.34. The summed E-state index contributed by atoms with van der Waals surface area (Å²) >= 11 is 0. The van der Waals surface area contributed by atoms with Gasteiger partial charge in [0, 0.05) is 18.5 Å². The first-order chi connectivity index (χ1) is 22.3. The highest BCUT2D eigenvalue weighted by Crippen LogP contribution is 2.43. The summed E-state index contributed by atoms with van der Waals surface area (Å²) in [5.74, 6) is 2.63. The van der Waals surface area contributed by atoms with Crippen LogP contribution in [0.3, 0.4) is 0 Å². The Hall–Kier alpha value is -3.48. The average molecular weight is 625 g/mol. The Morgan fingerprint density at radius 2 is 1.46 bits per heavy atom. The van der Waals surface area contributed by atoms with Crippen molar-refractivity contribution in [2.75, 3.05) is 32.5 Å². The molecule has 1 fully saturated rings. The molecule has 0 spiro atoms. The van der Waals surface area contributed by atoms with E-state index in [0.29, 0.717) is 17.9 Å². The molecule has 0 saturated heterocycles. The molecule has 0 aliphatic heterocycles. The Kier molecular flexibility index (Phi) is 12.1. The van der Waals surface area contributed by atoms with Crippen LogP contribution in [0.1, 0.15) is 93.2 Å². The molecule has 1 aliphatic carbocycles. The number of hydrogen-bond acceptors (Lipinski definition) is 5. The molecule has 3 aromatic carbocycles. The number of oxazole rings is 1. The molecule has 1 aromatic heterocycles. The van der Waals surface area contributed by atoms with Crippen LogP contribution >= 0.6 is 0 Å². The maximum atomic E-state index is 13.7. The van der Waals surface area contributed by atoms with E-state index in [4.69, 9.17) is 9.40 Å². The molecule has 0 amide bonds. The van der Waals surface area contributed by atoms with Crippen LogP contribution in [0, 0.1) is 17.7 Å². The largest absolute Gasteiger partial charge is 0.423 e. The van der Waals surface area contributed by atoms with Gasteiger partial charge in [-0.25, -0.2) is 9.37 Å². The first kappa shape index (κ1) is 33.9. The predicted octanol–water partition coefficient (Wildman–Crippen LogP) is 9.33. The van der Waals surface area contributed by atoms with E-state index in [1.807, 2.05) is 12.1 Å². The highest BCUT2D eigenvalue weighted by atomic mass is 19.1. The Morgan fingerprint density at radius 3 is 2.04 bits per heavy atom. The van der Waals surface area contributed by atoms with Gasteiger partial charge in [0.1, 0.15) is 11.5 Å². The van der Waals surface area contributed by atoms with Crippen molar-refractivity contribution in [1.29, 1.82) is 0 Å². The first-order valence-electron chi connectivity index (χ1n) is 17.3. The monoisotopic (exact) mass is 624 g/mol. The lowest BCUT2D eigenvalue weighted by Gasteiger charge is -2.39. The summed E-state index contributed by atoms with van der Waals surface area (Å²) in [6.07, 6.45) is 7.40. The molecular weight excluding hydrogens is 571 g/mol. The van der Waals surface area contributed by atoms with Crippen molar-refractivity contribution in [3.8, 4) is 0 Å². The zero-order valence-corrected chi connectivity index (χ0v) is 28.5. The fourth-order valence-electron chi connectivity index (χ4n) is 7.55. The number of benzene rings is 3. The highest BCUT2D eigenvalue weighted by molar-refractivity contribution is 5.42. The molecule has 3 atom stereocenters. The molecule has 1 heterocycles. The molecule has 1 aliphatic rings. The standard InChI is InChI=1S/C40H53FN4O/c1-6-45(7-2)37(28-32-18-20-33(21-19-32)38(44(4)5)34-22-24-35(41)25-23-34)40-43-36(27-31-16-12-9-13-17-31)39(46-40)42-29(3)26-30-14-10-8-11-15-30/h8-17,22-25,29,32-33,37-38,42H,6-7,18-21,26-28H2,1-5H3. The van der Waals surface area contributed by atoms with E-state index in [0.717, 1.165) is 49.8 Å². The summed E-state index contributed by atoms with van der Waals surface area (Å²) in [6, 6.07) is 29.0. The molecule has 4 aromatic rings. The number of anilines is 1. The van der Waals surface area contributed by atoms with E-state index >= 15 is 0 Å². The van der Waals surface area contributed by atoms with Gasteiger partial charge in [-0.2, -0.15) is 0 Å². The van der Waals surface area contributed by atoms with E-state index in [9.17, 15) is 4.39 Å². The second kappa shape index (κ2) is 16.4. The third-order valence-electron chi connectivity index (χ3n) is 9.89. The summed E-state index contributed by atoms with van der Waals surface area (Å²) in [6.45, 7) is 8.61. The van der Waals surface area contributed by atoms with E-state index < -0.39 is 0 Å². The van der Waals surface area contributed by atoms with Crippen LogP contribution in [0.15, 0.2) is 89.3 Å². The quantitative estimate of drug-likeness (QED) is 0.143. The van der Waals surface area contributed by atoms with Crippen LogP contribution in [-0.2, 0) is 12.8 Å². The van der Waals surface area contributed by atoms with Crippen molar-refractivity contribution in [3.63, 3.8) is 0 Å². The fraction of sp³-hybridized carbons (Fsp3) is 0.475. The van der Waals surface area contributed by atoms with Crippen LogP contribution in [0.25, 0.3) is 0 Å². The summed E-state index contributed by atoms with van der Waals surface area (Å²) in [5.41, 5.74) is 4.73. The van der Waals surface area contributed by atoms with Crippen molar-refractivity contribution < 1.29 is 8.81 Å². The van der Waals surface area contributed by atoms with Gasteiger partial charge in [-0.3, -0.25) is 4.90 Å². The van der Waals surface area contributed by atoms with Crippen LogP contribution in [-0.4, -0.2) is 48.0 Å². The van der Waals surface area contributed by atoms with Gasteiger partial charge in [0.05, 0.1) is 6.04 Å². The zero-order valence-electron chi connectivity index (χ0n) is 28.5.